The van der Waals surface area contributed by atoms with Gasteiger partial charge < -0.3 is 23.7 Å². The Bertz CT molecular complexity index is 1200. The molecule has 8 nitrogen and oxygen atoms in total. The van der Waals surface area contributed by atoms with Crippen molar-refractivity contribution in [1.82, 2.24) is 0 Å². The van der Waals surface area contributed by atoms with Gasteiger partial charge in [0.15, 0.2) is 0 Å². The molecule has 0 radical (unpaired) electrons. The molecule has 0 heterocycles. The van der Waals surface area contributed by atoms with Crippen molar-refractivity contribution in [1.29, 1.82) is 0 Å². The zero-order chi connectivity index (χ0) is 29.2. The zero-order valence-electron chi connectivity index (χ0n) is 23.2. The second kappa shape index (κ2) is 18.0. The maximum absolute atomic E-state index is 12.6. The summed E-state index contributed by atoms with van der Waals surface area (Å²) in [4.78, 5) is 34.2. The van der Waals surface area contributed by atoms with Crippen LogP contribution < -0.4 is 9.47 Å². The number of esters is 2. The molecule has 0 saturated heterocycles. The predicted molar refractivity (Wildman–Crippen MR) is 152 cm³/mol. The minimum absolute atomic E-state index is 0.364. The highest BCUT2D eigenvalue weighted by Crippen LogP contribution is 2.23. The van der Waals surface area contributed by atoms with Gasteiger partial charge in [0.05, 0.1) is 24.3 Å². The van der Waals surface area contributed by atoms with E-state index in [1.54, 1.807) is 73.9 Å². The van der Waals surface area contributed by atoms with Gasteiger partial charge in [-0.2, -0.15) is 0 Å². The van der Waals surface area contributed by atoms with Gasteiger partial charge in [-0.3, -0.25) is 4.79 Å². The third kappa shape index (κ3) is 11.5. The van der Waals surface area contributed by atoms with Gasteiger partial charge in [-0.05, 0) is 99.5 Å². The second-order valence-corrected chi connectivity index (χ2v) is 8.55. The van der Waals surface area contributed by atoms with Gasteiger partial charge in [-0.1, -0.05) is 12.2 Å². The van der Waals surface area contributed by atoms with Gasteiger partial charge in [0.2, 0.25) is 0 Å². The molecule has 0 atom stereocenters. The smallest absolute Gasteiger partial charge is 0.343 e. The van der Waals surface area contributed by atoms with E-state index in [1.807, 2.05) is 13.8 Å². The number of hydrogen-bond acceptors (Lipinski definition) is 8. The van der Waals surface area contributed by atoms with Crippen molar-refractivity contribution in [3.8, 4) is 11.5 Å². The number of methoxy groups -OCH3 is 1. The van der Waals surface area contributed by atoms with Gasteiger partial charge in [-0.25, -0.2) is 9.59 Å². The predicted octanol–water partition coefficient (Wildman–Crippen LogP) is 6.39. The molecule has 0 bridgehead atoms. The summed E-state index contributed by atoms with van der Waals surface area (Å²) < 4.78 is 27.2. The van der Waals surface area contributed by atoms with E-state index in [0.29, 0.717) is 66.7 Å². The molecule has 0 spiro atoms. The number of allylic oxidation sites excluding steroid dienone is 5. The Balaban J connectivity index is 0.00000131. The van der Waals surface area contributed by atoms with Crippen LogP contribution in [0.3, 0.4) is 0 Å². The maximum atomic E-state index is 12.6. The van der Waals surface area contributed by atoms with E-state index in [0.717, 1.165) is 18.4 Å². The van der Waals surface area contributed by atoms with Gasteiger partial charge in [-0.15, -0.1) is 0 Å². The summed E-state index contributed by atoms with van der Waals surface area (Å²) in [6, 6.07) is 13.6. The highest BCUT2D eigenvalue weighted by Gasteiger charge is 2.15. The van der Waals surface area contributed by atoms with Gasteiger partial charge >= 0.3 is 11.9 Å². The fourth-order valence-electron chi connectivity index (χ4n) is 3.41. The molecule has 0 unspecified atom stereocenters. The third-order valence-corrected chi connectivity index (χ3v) is 5.31. The quantitative estimate of drug-likeness (QED) is 0.123. The number of rotatable bonds is 13. The van der Waals surface area contributed by atoms with Crippen LogP contribution in [0, 0.1) is 0 Å². The number of hydrogen-bond donors (Lipinski definition) is 0. The molecule has 0 aromatic heterocycles. The Morgan fingerprint density at radius 1 is 0.850 bits per heavy atom. The fourth-order valence-corrected chi connectivity index (χ4v) is 3.41. The van der Waals surface area contributed by atoms with Crippen LogP contribution in [0.4, 0.5) is 0 Å². The number of aldehydes is 1. The molecule has 0 saturated carbocycles. The van der Waals surface area contributed by atoms with Crippen molar-refractivity contribution in [3.05, 3.63) is 108 Å². The topological polar surface area (TPSA) is 97.4 Å². The summed E-state index contributed by atoms with van der Waals surface area (Å²) in [5.74, 6) is 1.25. The highest BCUT2D eigenvalue weighted by molar-refractivity contribution is 5.91. The number of unbranched alkanes of at least 4 members (excludes halogenated alkanes) is 1. The lowest BCUT2D eigenvalue weighted by Crippen LogP contribution is -2.05. The van der Waals surface area contributed by atoms with Crippen molar-refractivity contribution < 1.29 is 38.1 Å². The first-order chi connectivity index (χ1) is 19.4. The number of benzene rings is 2. The van der Waals surface area contributed by atoms with Crippen LogP contribution in [0.25, 0.3) is 0 Å². The van der Waals surface area contributed by atoms with E-state index >= 15 is 0 Å². The summed E-state index contributed by atoms with van der Waals surface area (Å²) >= 11 is 0. The van der Waals surface area contributed by atoms with Crippen molar-refractivity contribution in [2.75, 3.05) is 26.9 Å². The monoisotopic (exact) mass is 548 g/mol. The van der Waals surface area contributed by atoms with E-state index in [4.69, 9.17) is 28.5 Å². The molecule has 8 heteroatoms. The van der Waals surface area contributed by atoms with Crippen LogP contribution in [0.2, 0.25) is 0 Å². The summed E-state index contributed by atoms with van der Waals surface area (Å²) in [6.07, 6.45) is 9.08. The summed E-state index contributed by atoms with van der Waals surface area (Å²) in [5, 5.41) is 0. The summed E-state index contributed by atoms with van der Waals surface area (Å²) in [6.45, 7) is 8.73. The lowest BCUT2D eigenvalue weighted by Gasteiger charge is -2.09. The van der Waals surface area contributed by atoms with Crippen LogP contribution in [-0.4, -0.2) is 45.2 Å². The molecule has 2 aromatic rings. The van der Waals surface area contributed by atoms with E-state index in [2.05, 4.69) is 6.58 Å². The highest BCUT2D eigenvalue weighted by atomic mass is 16.5. The second-order valence-electron chi connectivity index (χ2n) is 8.55. The Hall–Kier alpha value is -4.43. The maximum Gasteiger partial charge on any atom is 0.343 e. The van der Waals surface area contributed by atoms with Gasteiger partial charge in [0.1, 0.15) is 29.3 Å². The standard InChI is InChI=1S/C29H32O7.C3H4O/c1-4-33-24-11-7-22(8-12-24)28(30)35-26-15-16-27(20-21(2)19-26)36-29(31)23-9-13-25(14-10-23)34-18-6-5-17-32-3;1-2-3-4/h7-16,20H,4-6,17-19H2,1-3H3;2-3H,1H2. The molecule has 3 rings (SSSR count). The Labute approximate surface area is 235 Å². The summed E-state index contributed by atoms with van der Waals surface area (Å²) in [7, 11) is 1.68. The normalized spacial score (nSPS) is 12.2. The molecule has 0 amide bonds. The van der Waals surface area contributed by atoms with Gasteiger partial charge in [0.25, 0.3) is 0 Å². The largest absolute Gasteiger partial charge is 0.494 e. The molecule has 212 valence electrons. The lowest BCUT2D eigenvalue weighted by atomic mass is 10.2. The SMILES string of the molecule is C=CC=O.CCOc1ccc(C(=O)OC2=CC=C(OC(=O)c3ccc(OCCCCOC)cc3)C=C(C)C2)cc1. The number of carbonyl (C=O) groups excluding carboxylic acids is 3. The Kier molecular flexibility index (Phi) is 14.3. The average Bonchev–Trinajstić information content (AvgIpc) is 3.13. The minimum Gasteiger partial charge on any atom is -0.494 e. The first-order valence-corrected chi connectivity index (χ1v) is 12.9. The van der Waals surface area contributed by atoms with Crippen LogP contribution in [0.5, 0.6) is 11.5 Å². The molecule has 1 aliphatic rings. The van der Waals surface area contributed by atoms with Gasteiger partial charge in [0, 0.05) is 20.1 Å². The number of ether oxygens (including phenoxy) is 5. The number of carbonyl (C=O) groups is 3. The third-order valence-electron chi connectivity index (χ3n) is 5.31. The average molecular weight is 549 g/mol. The molecular weight excluding hydrogens is 512 g/mol. The molecule has 0 N–H and O–H groups in total. The lowest BCUT2D eigenvalue weighted by molar-refractivity contribution is -0.104. The fraction of sp³-hybridized carbons (Fsp3) is 0.281. The Morgan fingerprint density at radius 2 is 1.40 bits per heavy atom. The molecule has 2 aromatic carbocycles. The Morgan fingerprint density at radius 3 is 1.95 bits per heavy atom. The zero-order valence-corrected chi connectivity index (χ0v) is 23.2. The first-order valence-electron chi connectivity index (χ1n) is 12.9. The van der Waals surface area contributed by atoms with Crippen LogP contribution in [0.1, 0.15) is 53.8 Å². The molecule has 0 aliphatic heterocycles. The molecular formula is C32H36O8. The van der Waals surface area contributed by atoms with E-state index < -0.39 is 11.9 Å². The molecule has 1 aliphatic carbocycles. The van der Waals surface area contributed by atoms with Crippen molar-refractivity contribution in [2.24, 2.45) is 0 Å². The van der Waals surface area contributed by atoms with Crippen molar-refractivity contribution >= 4 is 18.2 Å². The molecule has 0 fully saturated rings. The van der Waals surface area contributed by atoms with E-state index in [1.165, 1.54) is 6.08 Å². The summed E-state index contributed by atoms with van der Waals surface area (Å²) in [5.41, 5.74) is 1.71. The first kappa shape index (κ1) is 31.8. The van der Waals surface area contributed by atoms with Crippen LogP contribution >= 0.6 is 0 Å². The van der Waals surface area contributed by atoms with Crippen molar-refractivity contribution in [3.63, 3.8) is 0 Å². The minimum atomic E-state index is -0.486. The van der Waals surface area contributed by atoms with E-state index in [9.17, 15) is 9.59 Å². The van der Waals surface area contributed by atoms with Crippen LogP contribution in [0.15, 0.2) is 96.5 Å². The molecule has 40 heavy (non-hydrogen) atoms. The van der Waals surface area contributed by atoms with Crippen LogP contribution in [-0.2, 0) is 19.0 Å². The van der Waals surface area contributed by atoms with E-state index in [-0.39, 0.29) is 0 Å². The van der Waals surface area contributed by atoms with Crippen molar-refractivity contribution in [2.45, 2.75) is 33.1 Å².